The van der Waals surface area contributed by atoms with E-state index in [0.29, 0.717) is 5.69 Å². The second kappa shape index (κ2) is 9.41. The third kappa shape index (κ3) is 4.26. The Kier molecular flexibility index (Phi) is 6.39. The fourth-order valence-corrected chi connectivity index (χ4v) is 4.36. The molecule has 2 heterocycles. The summed E-state index contributed by atoms with van der Waals surface area (Å²) in [5, 5.41) is 20.0. The molecule has 12 heteroatoms. The fourth-order valence-electron chi connectivity index (χ4n) is 3.26. The molecule has 4 rings (SSSR count). The number of carbonyl (C=O) groups is 2. The summed E-state index contributed by atoms with van der Waals surface area (Å²) in [7, 11) is 0. The van der Waals surface area contributed by atoms with E-state index < -0.39 is 28.0 Å². The van der Waals surface area contributed by atoms with E-state index in [-0.39, 0.29) is 38.7 Å². The molecule has 0 aliphatic carbocycles. The number of anilines is 1. The predicted molar refractivity (Wildman–Crippen MR) is 127 cm³/mol. The maximum absolute atomic E-state index is 13.4. The average molecular weight is 499 g/mol. The molecular formula is C22H15ClN4O6S. The molecule has 0 unspecified atom stereocenters. The highest BCUT2D eigenvalue weighted by molar-refractivity contribution is 7.16. The van der Waals surface area contributed by atoms with Gasteiger partial charge < -0.3 is 10.1 Å². The number of nitro benzene ring substituents is 1. The number of ether oxygens (including phenoxy) is 1. The molecule has 0 saturated carbocycles. The van der Waals surface area contributed by atoms with Crippen LogP contribution < -0.4 is 10.9 Å². The van der Waals surface area contributed by atoms with Crippen LogP contribution in [0.3, 0.4) is 0 Å². The molecule has 34 heavy (non-hydrogen) atoms. The van der Waals surface area contributed by atoms with Crippen molar-refractivity contribution in [2.75, 3.05) is 11.9 Å². The lowest BCUT2D eigenvalue weighted by Crippen LogP contribution is -2.25. The summed E-state index contributed by atoms with van der Waals surface area (Å²) in [4.78, 5) is 49.5. The minimum absolute atomic E-state index is 0.0185. The van der Waals surface area contributed by atoms with Crippen molar-refractivity contribution in [3.63, 3.8) is 0 Å². The molecule has 10 nitrogen and oxygen atoms in total. The molecule has 0 aliphatic rings. The van der Waals surface area contributed by atoms with E-state index in [4.69, 9.17) is 16.3 Å². The molecule has 0 aliphatic heterocycles. The maximum atomic E-state index is 13.4. The summed E-state index contributed by atoms with van der Waals surface area (Å²) in [5.41, 5.74) is -1.02. The number of hydrogen-bond donors (Lipinski definition) is 1. The van der Waals surface area contributed by atoms with Crippen molar-refractivity contribution in [3.05, 3.63) is 90.7 Å². The summed E-state index contributed by atoms with van der Waals surface area (Å²) in [6.45, 7) is 1.73. The van der Waals surface area contributed by atoms with Crippen LogP contribution in [0, 0.1) is 10.1 Å². The van der Waals surface area contributed by atoms with Gasteiger partial charge in [0.05, 0.1) is 22.6 Å². The maximum Gasteiger partial charge on any atom is 0.359 e. The zero-order valence-electron chi connectivity index (χ0n) is 17.5. The summed E-state index contributed by atoms with van der Waals surface area (Å²) in [6.07, 6.45) is 0. The Hall–Kier alpha value is -4.09. The number of aromatic nitrogens is 2. The van der Waals surface area contributed by atoms with E-state index in [9.17, 15) is 24.5 Å². The zero-order chi connectivity index (χ0) is 24.4. The number of carbonyl (C=O) groups excluding carboxylic acids is 2. The summed E-state index contributed by atoms with van der Waals surface area (Å²) in [6, 6.07) is 12.0. The molecule has 172 valence electrons. The van der Waals surface area contributed by atoms with Crippen molar-refractivity contribution in [3.8, 4) is 5.69 Å². The summed E-state index contributed by atoms with van der Waals surface area (Å²) < 4.78 is 6.13. The van der Waals surface area contributed by atoms with Crippen molar-refractivity contribution in [1.29, 1.82) is 0 Å². The van der Waals surface area contributed by atoms with E-state index in [0.717, 1.165) is 22.1 Å². The first-order chi connectivity index (χ1) is 16.3. The molecular weight excluding hydrogens is 484 g/mol. The van der Waals surface area contributed by atoms with Gasteiger partial charge in [0, 0.05) is 21.9 Å². The van der Waals surface area contributed by atoms with Crippen LogP contribution in [0.2, 0.25) is 5.02 Å². The lowest BCUT2D eigenvalue weighted by molar-refractivity contribution is -0.385. The van der Waals surface area contributed by atoms with Gasteiger partial charge in [-0.15, -0.1) is 11.3 Å². The average Bonchev–Trinajstić information content (AvgIpc) is 3.23. The smallest absolute Gasteiger partial charge is 0.359 e. The standard InChI is InChI=1S/C22H15ClN4O6S/c1-2-33-22(30)18-15-11-34-20(17(15)21(29)26(25-18)13-6-4-3-5-7-13)24-19(28)14-10-12(23)8-9-16(14)27(31)32/h3-11H,2H2,1H3,(H,24,28). The molecule has 1 N–H and O–H groups in total. The number of esters is 1. The first kappa shape index (κ1) is 23.1. The van der Waals surface area contributed by atoms with Crippen LogP contribution in [0.1, 0.15) is 27.8 Å². The van der Waals surface area contributed by atoms with Crippen LogP contribution in [0.25, 0.3) is 16.5 Å². The number of hydrogen-bond acceptors (Lipinski definition) is 8. The third-order valence-corrected chi connectivity index (χ3v) is 5.88. The van der Waals surface area contributed by atoms with Gasteiger partial charge in [0.25, 0.3) is 17.2 Å². The highest BCUT2D eigenvalue weighted by Gasteiger charge is 2.25. The van der Waals surface area contributed by atoms with Crippen LogP contribution in [0.5, 0.6) is 0 Å². The Bertz CT molecular complexity index is 1500. The Morgan fingerprint density at radius 3 is 2.65 bits per heavy atom. The number of fused-ring (bicyclic) bond motifs is 1. The molecule has 0 radical (unpaired) electrons. The number of nitrogens with one attached hydrogen (secondary N) is 1. The Morgan fingerprint density at radius 1 is 1.24 bits per heavy atom. The molecule has 0 fully saturated rings. The number of benzene rings is 2. The van der Waals surface area contributed by atoms with Crippen molar-refractivity contribution in [1.82, 2.24) is 9.78 Å². The van der Waals surface area contributed by atoms with Crippen LogP contribution in [0.15, 0.2) is 58.7 Å². The van der Waals surface area contributed by atoms with E-state index in [1.54, 1.807) is 37.3 Å². The third-order valence-electron chi connectivity index (χ3n) is 4.75. The van der Waals surface area contributed by atoms with Crippen molar-refractivity contribution >= 4 is 56.3 Å². The first-order valence-corrected chi connectivity index (χ1v) is 11.1. The van der Waals surface area contributed by atoms with Gasteiger partial charge in [0.15, 0.2) is 5.69 Å². The number of amides is 1. The SMILES string of the molecule is CCOC(=O)c1nn(-c2ccccc2)c(=O)c2c(NC(=O)c3cc(Cl)ccc3[N+](=O)[O-])scc12. The van der Waals surface area contributed by atoms with Gasteiger partial charge in [-0.2, -0.15) is 9.78 Å². The van der Waals surface area contributed by atoms with Gasteiger partial charge in [-0.1, -0.05) is 29.8 Å². The lowest BCUT2D eigenvalue weighted by atomic mass is 10.1. The van der Waals surface area contributed by atoms with Gasteiger partial charge in [-0.3, -0.25) is 19.7 Å². The highest BCUT2D eigenvalue weighted by Crippen LogP contribution is 2.32. The van der Waals surface area contributed by atoms with Crippen molar-refractivity contribution in [2.45, 2.75) is 6.92 Å². The molecule has 4 aromatic rings. The van der Waals surface area contributed by atoms with E-state index in [1.807, 2.05) is 0 Å². The summed E-state index contributed by atoms with van der Waals surface area (Å²) >= 11 is 6.90. The zero-order valence-corrected chi connectivity index (χ0v) is 19.1. The Labute approximate surface area is 200 Å². The van der Waals surface area contributed by atoms with Gasteiger partial charge in [-0.05, 0) is 31.2 Å². The van der Waals surface area contributed by atoms with Crippen LogP contribution in [0.4, 0.5) is 10.7 Å². The number of para-hydroxylation sites is 1. The largest absolute Gasteiger partial charge is 0.461 e. The fraction of sp³-hybridized carbons (Fsp3) is 0.0909. The van der Waals surface area contributed by atoms with Crippen molar-refractivity contribution in [2.24, 2.45) is 0 Å². The van der Waals surface area contributed by atoms with E-state index >= 15 is 0 Å². The van der Waals surface area contributed by atoms with Gasteiger partial charge in [-0.25, -0.2) is 4.79 Å². The predicted octanol–water partition coefficient (Wildman–Crippen LogP) is 4.44. The topological polar surface area (TPSA) is 133 Å². The normalized spacial score (nSPS) is 10.8. The first-order valence-electron chi connectivity index (χ1n) is 9.84. The van der Waals surface area contributed by atoms with Gasteiger partial charge in [0.2, 0.25) is 0 Å². The quantitative estimate of drug-likeness (QED) is 0.236. The second-order valence-corrected chi connectivity index (χ2v) is 8.16. The van der Waals surface area contributed by atoms with E-state index in [1.165, 1.54) is 17.5 Å². The number of nitro groups is 1. The minimum Gasteiger partial charge on any atom is -0.461 e. The molecule has 1 amide bonds. The monoisotopic (exact) mass is 498 g/mol. The molecule has 0 atom stereocenters. The molecule has 0 spiro atoms. The lowest BCUT2D eigenvalue weighted by Gasteiger charge is -2.10. The molecule has 2 aromatic heterocycles. The second-order valence-electron chi connectivity index (χ2n) is 6.85. The minimum atomic E-state index is -0.835. The van der Waals surface area contributed by atoms with Crippen LogP contribution in [-0.2, 0) is 4.74 Å². The number of thiophene rings is 1. The molecule has 0 saturated heterocycles. The summed E-state index contributed by atoms with van der Waals surface area (Å²) in [5.74, 6) is -1.57. The van der Waals surface area contributed by atoms with Crippen LogP contribution in [-0.4, -0.2) is 33.2 Å². The Balaban J connectivity index is 1.89. The molecule has 2 aromatic carbocycles. The number of rotatable bonds is 6. The van der Waals surface area contributed by atoms with Gasteiger partial charge >= 0.3 is 5.97 Å². The number of halogens is 1. The highest BCUT2D eigenvalue weighted by atomic mass is 35.5. The van der Waals surface area contributed by atoms with Crippen molar-refractivity contribution < 1.29 is 19.2 Å². The van der Waals surface area contributed by atoms with E-state index in [2.05, 4.69) is 10.4 Å². The molecule has 0 bridgehead atoms. The number of nitrogens with zero attached hydrogens (tertiary/aromatic N) is 3. The van der Waals surface area contributed by atoms with Crippen LogP contribution >= 0.6 is 22.9 Å². The van der Waals surface area contributed by atoms with Gasteiger partial charge in [0.1, 0.15) is 10.6 Å². The Morgan fingerprint density at radius 2 is 1.97 bits per heavy atom.